The van der Waals surface area contributed by atoms with E-state index in [1.165, 1.54) is 32.1 Å². The van der Waals surface area contributed by atoms with Crippen molar-refractivity contribution in [3.05, 3.63) is 0 Å². The predicted octanol–water partition coefficient (Wildman–Crippen LogP) is 4.17. The summed E-state index contributed by atoms with van der Waals surface area (Å²) in [5.41, 5.74) is 0. The second-order valence-electron chi connectivity index (χ2n) is 6.84. The highest BCUT2D eigenvalue weighted by molar-refractivity contribution is 5.86. The predicted molar refractivity (Wildman–Crippen MR) is 93.1 cm³/mol. The lowest BCUT2D eigenvalue weighted by atomic mass is 9.99. The molecule has 1 fully saturated rings. The van der Waals surface area contributed by atoms with E-state index in [4.69, 9.17) is 4.74 Å². The molecule has 4 nitrogen and oxygen atoms in total. The van der Waals surface area contributed by atoms with Gasteiger partial charge < -0.3 is 9.64 Å². The van der Waals surface area contributed by atoms with E-state index < -0.39 is 0 Å². The second kappa shape index (κ2) is 11.5. The third-order valence-electron chi connectivity index (χ3n) is 4.81. The molecule has 0 aromatic heterocycles. The van der Waals surface area contributed by atoms with Crippen molar-refractivity contribution in [2.45, 2.75) is 78.6 Å². The molecule has 1 amide bonds. The zero-order valence-corrected chi connectivity index (χ0v) is 15.3. The summed E-state index contributed by atoms with van der Waals surface area (Å²) in [6, 6.07) is 0. The summed E-state index contributed by atoms with van der Waals surface area (Å²) in [5.74, 6) is 0.243. The molecule has 23 heavy (non-hydrogen) atoms. The number of hydrogen-bond donors (Lipinski definition) is 0. The molecule has 0 spiro atoms. The number of carbonyl (C=O) groups excluding carboxylic acids is 2. The van der Waals surface area contributed by atoms with E-state index in [2.05, 4.69) is 20.8 Å². The molecule has 1 heterocycles. The maximum atomic E-state index is 12.1. The molecule has 0 radical (unpaired) electrons. The van der Waals surface area contributed by atoms with Crippen LogP contribution >= 0.6 is 0 Å². The van der Waals surface area contributed by atoms with E-state index in [0.29, 0.717) is 25.5 Å². The summed E-state index contributed by atoms with van der Waals surface area (Å²) >= 11 is 0. The van der Waals surface area contributed by atoms with Crippen molar-refractivity contribution in [1.29, 1.82) is 0 Å². The van der Waals surface area contributed by atoms with Crippen molar-refractivity contribution in [3.8, 4) is 0 Å². The molecule has 0 bridgehead atoms. The highest BCUT2D eigenvalue weighted by atomic mass is 16.5. The number of unbranched alkanes of at least 4 members (excludes halogenated alkanes) is 4. The fourth-order valence-corrected chi connectivity index (χ4v) is 3.15. The lowest BCUT2D eigenvalue weighted by Gasteiger charge is -2.23. The summed E-state index contributed by atoms with van der Waals surface area (Å²) in [4.78, 5) is 26.1. The van der Waals surface area contributed by atoms with Gasteiger partial charge >= 0.3 is 5.97 Å². The van der Waals surface area contributed by atoms with Crippen LogP contribution in [0, 0.1) is 11.8 Å². The van der Waals surface area contributed by atoms with Crippen LogP contribution in [0.1, 0.15) is 78.6 Å². The minimum atomic E-state index is -0.252. The molecular formula is C19H35NO3. The van der Waals surface area contributed by atoms with E-state index in [9.17, 15) is 9.59 Å². The first-order chi connectivity index (χ1) is 11.1. The van der Waals surface area contributed by atoms with E-state index >= 15 is 0 Å². The minimum Gasteiger partial charge on any atom is -0.465 e. The smallest absolute Gasteiger partial charge is 0.311 e. The number of amides is 1. The van der Waals surface area contributed by atoms with E-state index in [1.54, 1.807) is 0 Å². The Kier molecular flexibility index (Phi) is 9.97. The quantitative estimate of drug-likeness (QED) is 0.399. The van der Waals surface area contributed by atoms with Gasteiger partial charge in [-0.25, -0.2) is 0 Å². The lowest BCUT2D eigenvalue weighted by Crippen LogP contribution is -2.31. The van der Waals surface area contributed by atoms with Crippen LogP contribution in [-0.2, 0) is 14.3 Å². The van der Waals surface area contributed by atoms with Crippen LogP contribution in [0.2, 0.25) is 0 Å². The van der Waals surface area contributed by atoms with Crippen LogP contribution in [0.25, 0.3) is 0 Å². The Morgan fingerprint density at radius 2 is 1.91 bits per heavy atom. The summed E-state index contributed by atoms with van der Waals surface area (Å²) in [6.45, 7) is 8.39. The highest BCUT2D eigenvalue weighted by Gasteiger charge is 2.35. The number of nitrogens with zero attached hydrogens (tertiary/aromatic N) is 1. The molecule has 0 saturated carbocycles. The summed E-state index contributed by atoms with van der Waals surface area (Å²) in [5, 5.41) is 0. The number of carbonyl (C=O) groups is 2. The second-order valence-corrected chi connectivity index (χ2v) is 6.84. The molecule has 2 atom stereocenters. The van der Waals surface area contributed by atoms with Crippen LogP contribution < -0.4 is 0 Å². The van der Waals surface area contributed by atoms with E-state index in [-0.39, 0.29) is 17.8 Å². The number of likely N-dealkylation sites (tertiary alicyclic amines) is 1. The van der Waals surface area contributed by atoms with Gasteiger partial charge in [-0.3, -0.25) is 9.59 Å². The third kappa shape index (κ3) is 7.36. The van der Waals surface area contributed by atoms with Crippen LogP contribution in [0.15, 0.2) is 0 Å². The summed E-state index contributed by atoms with van der Waals surface area (Å²) < 4.78 is 5.35. The summed E-state index contributed by atoms with van der Waals surface area (Å²) in [6.07, 6.45) is 9.40. The van der Waals surface area contributed by atoms with Gasteiger partial charge in [-0.15, -0.1) is 0 Å². The minimum absolute atomic E-state index is 0.118. The van der Waals surface area contributed by atoms with Gasteiger partial charge in [0.15, 0.2) is 0 Å². The molecule has 1 aliphatic heterocycles. The molecular weight excluding hydrogens is 290 g/mol. The van der Waals surface area contributed by atoms with Gasteiger partial charge in [0.25, 0.3) is 0 Å². The van der Waals surface area contributed by atoms with Gasteiger partial charge in [0.2, 0.25) is 5.91 Å². The van der Waals surface area contributed by atoms with Gasteiger partial charge in [-0.05, 0) is 18.8 Å². The van der Waals surface area contributed by atoms with Crippen molar-refractivity contribution >= 4 is 11.9 Å². The fourth-order valence-electron chi connectivity index (χ4n) is 3.15. The third-order valence-corrected chi connectivity index (χ3v) is 4.81. The maximum absolute atomic E-state index is 12.1. The van der Waals surface area contributed by atoms with Crippen molar-refractivity contribution in [3.63, 3.8) is 0 Å². The van der Waals surface area contributed by atoms with Crippen molar-refractivity contribution in [1.82, 2.24) is 4.90 Å². The highest BCUT2D eigenvalue weighted by Crippen LogP contribution is 2.23. The fraction of sp³-hybridized carbons (Fsp3) is 0.895. The molecule has 0 aromatic rings. The first-order valence-corrected chi connectivity index (χ1v) is 9.56. The van der Waals surface area contributed by atoms with Crippen molar-refractivity contribution < 1.29 is 14.3 Å². The maximum Gasteiger partial charge on any atom is 0.311 e. The average molecular weight is 325 g/mol. The number of ether oxygens (including phenoxy) is 1. The molecule has 0 aromatic carbocycles. The summed E-state index contributed by atoms with van der Waals surface area (Å²) in [7, 11) is 0. The first-order valence-electron chi connectivity index (χ1n) is 9.56. The average Bonchev–Trinajstić information content (AvgIpc) is 2.92. The molecule has 0 aliphatic carbocycles. The number of rotatable bonds is 12. The lowest BCUT2D eigenvalue weighted by molar-refractivity contribution is -0.148. The molecule has 134 valence electrons. The molecule has 1 saturated heterocycles. The molecule has 1 rings (SSSR count). The van der Waals surface area contributed by atoms with Crippen LogP contribution in [-0.4, -0.2) is 36.5 Å². The van der Waals surface area contributed by atoms with Gasteiger partial charge in [0.05, 0.1) is 12.5 Å². The molecule has 0 N–H and O–H groups in total. The Labute approximate surface area is 141 Å². The SMILES string of the molecule is CCCCCCOC(=O)C1CC(=O)N(CC(CC)CCCC)C1. The van der Waals surface area contributed by atoms with E-state index in [0.717, 1.165) is 25.8 Å². The largest absolute Gasteiger partial charge is 0.465 e. The Bertz CT molecular complexity index is 357. The van der Waals surface area contributed by atoms with E-state index in [1.807, 2.05) is 4.90 Å². The van der Waals surface area contributed by atoms with Crippen LogP contribution in [0.3, 0.4) is 0 Å². The van der Waals surface area contributed by atoms with Gasteiger partial charge in [0, 0.05) is 19.5 Å². The van der Waals surface area contributed by atoms with Gasteiger partial charge in [-0.1, -0.05) is 59.3 Å². The van der Waals surface area contributed by atoms with Crippen LogP contribution in [0.5, 0.6) is 0 Å². The zero-order valence-electron chi connectivity index (χ0n) is 15.3. The standard InChI is InChI=1S/C19H35NO3/c1-4-7-9-10-12-23-19(22)17-13-18(21)20(15-17)14-16(6-3)11-8-5-2/h16-17H,4-15H2,1-3H3. The number of hydrogen-bond acceptors (Lipinski definition) is 3. The van der Waals surface area contributed by atoms with Gasteiger partial charge in [0.1, 0.15) is 0 Å². The van der Waals surface area contributed by atoms with Crippen molar-refractivity contribution in [2.24, 2.45) is 11.8 Å². The molecule has 1 aliphatic rings. The zero-order chi connectivity index (χ0) is 17.1. The Morgan fingerprint density at radius 3 is 2.57 bits per heavy atom. The molecule has 2 unspecified atom stereocenters. The topological polar surface area (TPSA) is 46.6 Å². The van der Waals surface area contributed by atoms with Crippen LogP contribution in [0.4, 0.5) is 0 Å². The Balaban J connectivity index is 2.32. The monoisotopic (exact) mass is 325 g/mol. The number of esters is 1. The normalized spacial score (nSPS) is 19.2. The Morgan fingerprint density at radius 1 is 1.17 bits per heavy atom. The molecule has 4 heteroatoms. The Hall–Kier alpha value is -1.06. The van der Waals surface area contributed by atoms with Gasteiger partial charge in [-0.2, -0.15) is 0 Å². The first kappa shape index (κ1) is 20.0. The van der Waals surface area contributed by atoms with Crippen molar-refractivity contribution in [2.75, 3.05) is 19.7 Å².